The first-order valence-electron chi connectivity index (χ1n) is 5.64. The molecule has 0 unspecified atom stereocenters. The van der Waals surface area contributed by atoms with Gasteiger partial charge in [0.15, 0.2) is 0 Å². The van der Waals surface area contributed by atoms with Crippen LogP contribution in [0.5, 0.6) is 0 Å². The van der Waals surface area contributed by atoms with Crippen molar-refractivity contribution in [3.05, 3.63) is 25.6 Å². The van der Waals surface area contributed by atoms with E-state index in [9.17, 15) is 5.21 Å². The number of epoxide rings is 1. The van der Waals surface area contributed by atoms with Crippen molar-refractivity contribution in [2.45, 2.75) is 32.0 Å². The Hall–Kier alpha value is 0.380. The summed E-state index contributed by atoms with van der Waals surface area (Å²) in [5.74, 6) is 0. The zero-order valence-electron chi connectivity index (χ0n) is 10.0. The summed E-state index contributed by atoms with van der Waals surface area (Å²) in [6, 6.07) is 3.72. The third kappa shape index (κ3) is 2.93. The van der Waals surface area contributed by atoms with Crippen molar-refractivity contribution >= 4 is 53.5 Å². The Bertz CT molecular complexity index is 446. The summed E-state index contributed by atoms with van der Waals surface area (Å²) in [6.07, 6.45) is 0.941. The molecule has 1 aromatic carbocycles. The Morgan fingerprint density at radius 2 is 1.89 bits per heavy atom. The van der Waals surface area contributed by atoms with Crippen LogP contribution in [0.2, 0.25) is 0 Å². The minimum Gasteiger partial charge on any atom is -0.364 e. The van der Waals surface area contributed by atoms with Gasteiger partial charge in [-0.1, -0.05) is 28.1 Å². The molecular weight excluding hydrogens is 430 g/mol. The maximum Gasteiger partial charge on any atom is 0.107 e. The van der Waals surface area contributed by atoms with E-state index in [4.69, 9.17) is 4.74 Å². The first-order chi connectivity index (χ1) is 8.37. The maximum absolute atomic E-state index is 12.2. The lowest BCUT2D eigenvalue weighted by Gasteiger charge is -2.17. The van der Waals surface area contributed by atoms with Crippen molar-refractivity contribution in [3.8, 4) is 0 Å². The van der Waals surface area contributed by atoms with Gasteiger partial charge in [0.1, 0.15) is 6.10 Å². The molecule has 2 atom stereocenters. The van der Waals surface area contributed by atoms with Crippen molar-refractivity contribution in [2.75, 3.05) is 11.6 Å². The lowest BCUT2D eigenvalue weighted by Crippen LogP contribution is -2.26. The lowest BCUT2D eigenvalue weighted by atomic mass is 10.1. The summed E-state index contributed by atoms with van der Waals surface area (Å²) in [4.78, 5) is 0. The van der Waals surface area contributed by atoms with Gasteiger partial charge < -0.3 is 4.74 Å². The van der Waals surface area contributed by atoms with Gasteiger partial charge in [0, 0.05) is 13.4 Å². The molecule has 1 saturated heterocycles. The highest BCUT2D eigenvalue weighted by molar-refractivity contribution is 9.11. The molecule has 1 heterocycles. The lowest BCUT2D eigenvalue weighted by molar-refractivity contribution is 0.150. The average molecular weight is 443 g/mol. The number of hydrogen-bond acceptors (Lipinski definition) is 2. The summed E-state index contributed by atoms with van der Waals surface area (Å²) in [7, 11) is 0. The fraction of sp³-hybridized carbons (Fsp3) is 0.500. The van der Waals surface area contributed by atoms with Crippen LogP contribution in [-0.2, 0) is 9.94 Å². The van der Waals surface area contributed by atoms with Crippen molar-refractivity contribution < 1.29 is 9.94 Å². The fourth-order valence-corrected chi connectivity index (χ4v) is 4.50. The second kappa shape index (κ2) is 5.40. The van der Waals surface area contributed by atoms with E-state index in [2.05, 4.69) is 54.7 Å². The molecule has 0 bridgehead atoms. The van der Waals surface area contributed by atoms with Crippen LogP contribution in [0.1, 0.15) is 20.3 Å². The highest BCUT2D eigenvalue weighted by Crippen LogP contribution is 2.42. The highest BCUT2D eigenvalue weighted by Gasteiger charge is 2.51. The summed E-state index contributed by atoms with van der Waals surface area (Å²) in [6.45, 7) is 4.46. The van der Waals surface area contributed by atoms with Gasteiger partial charge in [-0.2, -0.15) is 0 Å². The van der Waals surface area contributed by atoms with Crippen molar-refractivity contribution in [3.63, 3.8) is 0 Å². The first-order valence-corrected chi connectivity index (χ1v) is 8.02. The average Bonchev–Trinajstić information content (AvgIpc) is 2.88. The molecule has 1 aliphatic heterocycles. The van der Waals surface area contributed by atoms with E-state index in [1.807, 2.05) is 19.1 Å². The topological polar surface area (TPSA) is 35.7 Å². The number of nitrogens with zero attached hydrogens (tertiary/aromatic N) is 1. The third-order valence-corrected chi connectivity index (χ3v) is 4.97. The van der Waals surface area contributed by atoms with Crippen LogP contribution >= 0.6 is 47.8 Å². The van der Waals surface area contributed by atoms with E-state index < -0.39 is 0 Å². The van der Waals surface area contributed by atoms with E-state index in [1.165, 1.54) is 0 Å². The van der Waals surface area contributed by atoms with Crippen LogP contribution in [-0.4, -0.2) is 18.2 Å². The molecule has 0 aliphatic carbocycles. The highest BCUT2D eigenvalue weighted by atomic mass is 79.9. The first kappa shape index (κ1) is 14.8. The van der Waals surface area contributed by atoms with Gasteiger partial charge in [0.2, 0.25) is 0 Å². The minimum atomic E-state index is -0.128. The number of ether oxygens (including phenoxy) is 1. The molecule has 1 aliphatic rings. The summed E-state index contributed by atoms with van der Waals surface area (Å²) < 4.78 is 8.01. The minimum absolute atomic E-state index is 0.0162. The summed E-state index contributed by atoms with van der Waals surface area (Å²) in [5.41, 5.74) is 0.476. The van der Waals surface area contributed by atoms with Gasteiger partial charge in [-0.3, -0.25) is 0 Å². The van der Waals surface area contributed by atoms with Gasteiger partial charge in [-0.05, 0) is 57.3 Å². The summed E-state index contributed by atoms with van der Waals surface area (Å²) >= 11 is 10.2. The predicted molar refractivity (Wildman–Crippen MR) is 81.1 cm³/mol. The van der Waals surface area contributed by atoms with Crippen molar-refractivity contribution in [2.24, 2.45) is 0 Å². The van der Waals surface area contributed by atoms with Crippen molar-refractivity contribution in [1.29, 1.82) is 0 Å². The molecule has 0 amide bonds. The molecule has 1 aromatic rings. The van der Waals surface area contributed by atoms with Gasteiger partial charge in [0.05, 0.1) is 17.8 Å². The van der Waals surface area contributed by atoms with Crippen LogP contribution in [0.4, 0.5) is 5.69 Å². The quantitative estimate of drug-likeness (QED) is 0.500. The number of hydrogen-bond donors (Lipinski definition) is 0. The normalized spacial score (nSPS) is 26.2. The molecular formula is C12H13Br3NO2. The molecule has 0 saturated carbocycles. The number of hydroxylamine groups is 1. The second-order valence-electron chi connectivity index (χ2n) is 4.55. The number of halogens is 3. The van der Waals surface area contributed by atoms with Crippen LogP contribution < -0.4 is 5.06 Å². The Morgan fingerprint density at radius 3 is 2.33 bits per heavy atom. The molecule has 2 rings (SSSR count). The van der Waals surface area contributed by atoms with Gasteiger partial charge in [0.25, 0.3) is 0 Å². The Labute approximate surface area is 132 Å². The van der Waals surface area contributed by atoms with Crippen LogP contribution in [0.25, 0.3) is 0 Å². The Kier molecular flexibility index (Phi) is 4.44. The van der Waals surface area contributed by atoms with E-state index in [0.717, 1.165) is 24.9 Å². The third-order valence-electron chi connectivity index (χ3n) is 3.30. The maximum atomic E-state index is 12.2. The van der Waals surface area contributed by atoms with Gasteiger partial charge in [-0.15, -0.1) is 0 Å². The van der Waals surface area contributed by atoms with Crippen LogP contribution in [0.3, 0.4) is 0 Å². The SMILES string of the molecule is CC[C@]1(C)O[C@H]1CN([O])c1c(Br)cc(Br)cc1Br. The zero-order chi connectivity index (χ0) is 13.5. The molecule has 18 heavy (non-hydrogen) atoms. The number of benzene rings is 1. The molecule has 6 heteroatoms. The molecule has 99 valence electrons. The Balaban J connectivity index is 2.13. The zero-order valence-corrected chi connectivity index (χ0v) is 14.8. The molecule has 3 nitrogen and oxygen atoms in total. The standard InChI is InChI=1S/C12H13Br3NO2/c1-3-12(2)10(18-12)6-16(17)11-8(14)4-7(13)5-9(11)15/h4-5,10H,3,6H2,1-2H3/t10-,12-/m0/s1. The summed E-state index contributed by atoms with van der Waals surface area (Å²) in [5, 5.41) is 13.2. The van der Waals surface area contributed by atoms with Crippen LogP contribution in [0.15, 0.2) is 25.6 Å². The smallest absolute Gasteiger partial charge is 0.107 e. The molecule has 0 spiro atoms. The Morgan fingerprint density at radius 1 is 1.33 bits per heavy atom. The van der Waals surface area contributed by atoms with Gasteiger partial charge in [-0.25, -0.2) is 5.06 Å². The van der Waals surface area contributed by atoms with Crippen molar-refractivity contribution in [1.82, 2.24) is 0 Å². The number of anilines is 1. The largest absolute Gasteiger partial charge is 0.364 e. The predicted octanol–water partition coefficient (Wildman–Crippen LogP) is 4.69. The number of rotatable bonds is 4. The van der Waals surface area contributed by atoms with Gasteiger partial charge >= 0.3 is 0 Å². The second-order valence-corrected chi connectivity index (χ2v) is 7.18. The fourth-order valence-electron chi connectivity index (χ4n) is 1.85. The molecule has 1 radical (unpaired) electrons. The van der Waals surface area contributed by atoms with E-state index in [-0.39, 0.29) is 11.7 Å². The molecule has 0 N–H and O–H groups in total. The van der Waals surface area contributed by atoms with Crippen LogP contribution in [0, 0.1) is 0 Å². The monoisotopic (exact) mass is 440 g/mol. The van der Waals surface area contributed by atoms with E-state index in [0.29, 0.717) is 12.2 Å². The van der Waals surface area contributed by atoms with E-state index >= 15 is 0 Å². The molecule has 1 fully saturated rings. The molecule has 0 aromatic heterocycles. The van der Waals surface area contributed by atoms with E-state index in [1.54, 1.807) is 0 Å².